The number of hydrogen-bond acceptors (Lipinski definition) is 2. The van der Waals surface area contributed by atoms with Gasteiger partial charge in [-0.15, -0.1) is 0 Å². The van der Waals surface area contributed by atoms with Crippen molar-refractivity contribution >= 4 is 7.60 Å². The number of unbranched alkanes of at least 4 members (excludes halogenated alkanes) is 8. The van der Waals surface area contributed by atoms with Crippen LogP contribution in [-0.4, -0.2) is 27.7 Å². The Kier molecular flexibility index (Phi) is 10.3. The van der Waals surface area contributed by atoms with E-state index in [0.717, 1.165) is 32.1 Å². The van der Waals surface area contributed by atoms with E-state index < -0.39 is 7.60 Å². The minimum absolute atomic E-state index is 0.0312. The highest BCUT2D eigenvalue weighted by atomic mass is 31.2. The summed E-state index contributed by atoms with van der Waals surface area (Å²) < 4.78 is 10.5. The molecule has 98 valence electrons. The first-order valence-corrected chi connectivity index (χ1v) is 8.01. The quantitative estimate of drug-likeness (QED) is 0.390. The molecule has 0 unspecified atom stereocenters. The molecule has 0 bridgehead atoms. The van der Waals surface area contributed by atoms with Gasteiger partial charge in [0, 0.05) is 12.8 Å². The molecular weight excluding hydrogens is 227 g/mol. The summed E-state index contributed by atoms with van der Waals surface area (Å²) in [4.78, 5) is 17.3. The Labute approximate surface area is 98.2 Å². The normalized spacial score (nSPS) is 11.9. The van der Waals surface area contributed by atoms with E-state index in [2.05, 4.69) is 0 Å². The second-order valence-corrected chi connectivity index (χ2v) is 6.07. The molecule has 3 N–H and O–H groups in total. The third-order valence-electron chi connectivity index (χ3n) is 2.61. The Morgan fingerprint density at radius 1 is 0.688 bits per heavy atom. The predicted molar refractivity (Wildman–Crippen MR) is 65.5 cm³/mol. The van der Waals surface area contributed by atoms with Crippen molar-refractivity contribution in [3.05, 3.63) is 0 Å². The minimum Gasteiger partial charge on any atom is -0.396 e. The van der Waals surface area contributed by atoms with Crippen molar-refractivity contribution in [1.29, 1.82) is 0 Å². The zero-order valence-electron chi connectivity index (χ0n) is 9.98. The predicted octanol–water partition coefficient (Wildman–Crippen LogP) is 2.67. The van der Waals surface area contributed by atoms with E-state index in [9.17, 15) is 4.57 Å². The lowest BCUT2D eigenvalue weighted by Crippen LogP contribution is -1.88. The standard InChI is InChI=1S/C11H25O4P/c12-10-8-6-4-2-1-3-5-7-9-11-16(13,14)15/h12H,1-11H2,(H2,13,14,15). The molecule has 5 heteroatoms. The maximum atomic E-state index is 10.5. The fourth-order valence-electron chi connectivity index (χ4n) is 1.67. The second kappa shape index (κ2) is 10.3. The van der Waals surface area contributed by atoms with Crippen LogP contribution in [0.1, 0.15) is 57.8 Å². The lowest BCUT2D eigenvalue weighted by molar-refractivity contribution is 0.282. The van der Waals surface area contributed by atoms with Crippen LogP contribution in [0.5, 0.6) is 0 Å². The summed E-state index contributed by atoms with van der Waals surface area (Å²) in [5, 5.41) is 8.57. The van der Waals surface area contributed by atoms with E-state index in [1.165, 1.54) is 19.3 Å². The van der Waals surface area contributed by atoms with Gasteiger partial charge in [-0.2, -0.15) is 0 Å². The molecule has 0 aliphatic rings. The molecule has 0 aromatic rings. The van der Waals surface area contributed by atoms with Gasteiger partial charge in [0.05, 0.1) is 0 Å². The largest absolute Gasteiger partial charge is 0.396 e. The molecule has 0 atom stereocenters. The summed E-state index contributed by atoms with van der Waals surface area (Å²) in [5.41, 5.74) is 0. The Hall–Kier alpha value is 0.110. The minimum atomic E-state index is -3.76. The zero-order chi connectivity index (χ0) is 12.3. The molecule has 0 fully saturated rings. The topological polar surface area (TPSA) is 77.8 Å². The monoisotopic (exact) mass is 252 g/mol. The molecule has 16 heavy (non-hydrogen) atoms. The average molecular weight is 252 g/mol. The number of rotatable bonds is 11. The first-order valence-electron chi connectivity index (χ1n) is 6.22. The van der Waals surface area contributed by atoms with Crippen molar-refractivity contribution in [3.8, 4) is 0 Å². The van der Waals surface area contributed by atoms with E-state index in [0.29, 0.717) is 13.0 Å². The fourth-order valence-corrected chi connectivity index (χ4v) is 2.30. The lowest BCUT2D eigenvalue weighted by Gasteiger charge is -2.03. The second-order valence-electron chi connectivity index (χ2n) is 4.29. The van der Waals surface area contributed by atoms with Gasteiger partial charge in [0.25, 0.3) is 0 Å². The molecule has 0 heterocycles. The molecule has 0 radical (unpaired) electrons. The van der Waals surface area contributed by atoms with Gasteiger partial charge in [-0.05, 0) is 12.8 Å². The van der Waals surface area contributed by atoms with Crippen molar-refractivity contribution in [3.63, 3.8) is 0 Å². The van der Waals surface area contributed by atoms with Crippen LogP contribution in [0.3, 0.4) is 0 Å². The summed E-state index contributed by atoms with van der Waals surface area (Å²) in [5.74, 6) is 0. The van der Waals surface area contributed by atoms with Crippen LogP contribution < -0.4 is 0 Å². The average Bonchev–Trinajstić information content (AvgIpc) is 2.19. The molecule has 0 aromatic heterocycles. The van der Waals surface area contributed by atoms with Crippen LogP contribution in [0.15, 0.2) is 0 Å². The molecule has 0 saturated carbocycles. The Bertz CT molecular complexity index is 190. The summed E-state index contributed by atoms with van der Waals surface area (Å²) in [6.07, 6.45) is 9.40. The molecule has 0 aromatic carbocycles. The molecular formula is C11H25O4P. The van der Waals surface area contributed by atoms with E-state index >= 15 is 0 Å². The van der Waals surface area contributed by atoms with Gasteiger partial charge < -0.3 is 14.9 Å². The van der Waals surface area contributed by atoms with Gasteiger partial charge in [-0.25, -0.2) is 0 Å². The highest BCUT2D eigenvalue weighted by Gasteiger charge is 2.10. The van der Waals surface area contributed by atoms with Gasteiger partial charge in [-0.3, -0.25) is 4.57 Å². The lowest BCUT2D eigenvalue weighted by atomic mass is 10.1. The third-order valence-corrected chi connectivity index (χ3v) is 3.51. The van der Waals surface area contributed by atoms with Crippen LogP contribution in [0.2, 0.25) is 0 Å². The highest BCUT2D eigenvalue weighted by Crippen LogP contribution is 2.35. The SMILES string of the molecule is O=P(O)(O)CCCCCCCCCCCO. The van der Waals surface area contributed by atoms with Crippen LogP contribution in [0, 0.1) is 0 Å². The van der Waals surface area contributed by atoms with Gasteiger partial charge >= 0.3 is 7.60 Å². The van der Waals surface area contributed by atoms with Crippen molar-refractivity contribution in [2.24, 2.45) is 0 Å². The van der Waals surface area contributed by atoms with Gasteiger partial charge in [0.15, 0.2) is 0 Å². The molecule has 0 saturated heterocycles. The smallest absolute Gasteiger partial charge is 0.325 e. The van der Waals surface area contributed by atoms with Crippen molar-refractivity contribution in [2.75, 3.05) is 12.8 Å². The first-order chi connectivity index (χ1) is 7.56. The molecule has 0 spiro atoms. The zero-order valence-corrected chi connectivity index (χ0v) is 10.9. The van der Waals surface area contributed by atoms with Crippen LogP contribution in [0.4, 0.5) is 0 Å². The molecule has 0 aliphatic heterocycles. The third kappa shape index (κ3) is 14.1. The van der Waals surface area contributed by atoms with Crippen LogP contribution in [-0.2, 0) is 4.57 Å². The molecule has 0 amide bonds. The first kappa shape index (κ1) is 16.1. The Morgan fingerprint density at radius 3 is 1.44 bits per heavy atom. The van der Waals surface area contributed by atoms with Gasteiger partial charge in [0.1, 0.15) is 0 Å². The number of aliphatic hydroxyl groups is 1. The molecule has 0 aliphatic carbocycles. The summed E-state index contributed by atoms with van der Waals surface area (Å²) in [6, 6.07) is 0. The number of aliphatic hydroxyl groups excluding tert-OH is 1. The maximum Gasteiger partial charge on any atom is 0.325 e. The van der Waals surface area contributed by atoms with Crippen molar-refractivity contribution in [1.82, 2.24) is 0 Å². The Balaban J connectivity index is 3.02. The van der Waals surface area contributed by atoms with E-state index in [1.807, 2.05) is 0 Å². The molecule has 0 rings (SSSR count). The van der Waals surface area contributed by atoms with Crippen molar-refractivity contribution in [2.45, 2.75) is 57.8 Å². The number of hydrogen-bond donors (Lipinski definition) is 3. The summed E-state index contributed by atoms with van der Waals surface area (Å²) >= 11 is 0. The summed E-state index contributed by atoms with van der Waals surface area (Å²) in [6.45, 7) is 0.294. The van der Waals surface area contributed by atoms with E-state index in [1.54, 1.807) is 0 Å². The maximum absolute atomic E-state index is 10.5. The highest BCUT2D eigenvalue weighted by molar-refractivity contribution is 7.51. The van der Waals surface area contributed by atoms with E-state index in [-0.39, 0.29) is 6.16 Å². The molecule has 4 nitrogen and oxygen atoms in total. The van der Waals surface area contributed by atoms with Gasteiger partial charge in [-0.1, -0.05) is 44.9 Å². The van der Waals surface area contributed by atoms with Crippen LogP contribution >= 0.6 is 7.60 Å². The van der Waals surface area contributed by atoms with Crippen LogP contribution in [0.25, 0.3) is 0 Å². The Morgan fingerprint density at radius 2 is 1.06 bits per heavy atom. The van der Waals surface area contributed by atoms with Crippen molar-refractivity contribution < 1.29 is 19.5 Å². The summed E-state index contributed by atoms with van der Waals surface area (Å²) in [7, 11) is -3.76. The van der Waals surface area contributed by atoms with Gasteiger partial charge in [0.2, 0.25) is 0 Å². The van der Waals surface area contributed by atoms with E-state index in [4.69, 9.17) is 14.9 Å². The fraction of sp³-hybridized carbons (Fsp3) is 1.00.